The van der Waals surface area contributed by atoms with Crippen LogP contribution in [0.5, 0.6) is 0 Å². The summed E-state index contributed by atoms with van der Waals surface area (Å²) in [7, 11) is 0. The zero-order valence-electron chi connectivity index (χ0n) is 11.9. The normalized spacial score (nSPS) is 15.2. The maximum atomic E-state index is 11.8. The summed E-state index contributed by atoms with van der Waals surface area (Å²) in [4.78, 5) is 19.9. The van der Waals surface area contributed by atoms with Crippen LogP contribution in [0, 0.1) is 0 Å². The van der Waals surface area contributed by atoms with Crippen molar-refractivity contribution >= 4 is 17.6 Å². The van der Waals surface area contributed by atoms with Crippen LogP contribution in [0.25, 0.3) is 0 Å². The van der Waals surface area contributed by atoms with Crippen molar-refractivity contribution in [1.29, 1.82) is 0 Å². The van der Waals surface area contributed by atoms with Gasteiger partial charge in [-0.25, -0.2) is 9.78 Å². The predicted octanol–water partition coefficient (Wildman–Crippen LogP) is 1.72. The molecular weight excluding hydrogens is 256 g/mol. The van der Waals surface area contributed by atoms with Crippen molar-refractivity contribution in [3.05, 3.63) is 18.3 Å². The minimum atomic E-state index is -0.200. The molecule has 110 valence electrons. The Bertz CT molecular complexity index is 427. The van der Waals surface area contributed by atoms with Gasteiger partial charge in [-0.3, -0.25) is 0 Å². The first-order chi connectivity index (χ1) is 9.70. The molecule has 0 saturated carbocycles. The predicted molar refractivity (Wildman–Crippen MR) is 78.7 cm³/mol. The average molecular weight is 278 g/mol. The van der Waals surface area contributed by atoms with Crippen LogP contribution in [-0.2, 0) is 4.74 Å². The molecule has 0 spiro atoms. The number of hydrogen-bond acceptors (Lipinski definition) is 5. The number of pyridine rings is 1. The van der Waals surface area contributed by atoms with Crippen molar-refractivity contribution in [3.8, 4) is 0 Å². The molecule has 2 rings (SSSR count). The number of piperazine rings is 1. The summed E-state index contributed by atoms with van der Waals surface area (Å²) in [5, 5.41) is 0. The van der Waals surface area contributed by atoms with Crippen LogP contribution in [0.15, 0.2) is 18.3 Å². The van der Waals surface area contributed by atoms with Gasteiger partial charge in [-0.1, -0.05) is 13.3 Å². The summed E-state index contributed by atoms with van der Waals surface area (Å²) in [5.41, 5.74) is 6.62. The lowest BCUT2D eigenvalue weighted by Gasteiger charge is -2.35. The Morgan fingerprint density at radius 1 is 1.35 bits per heavy atom. The third-order valence-corrected chi connectivity index (χ3v) is 3.40. The number of unbranched alkanes of at least 4 members (excludes halogenated alkanes) is 1. The number of carbonyl (C=O) groups excluding carboxylic acids is 1. The second-order valence-electron chi connectivity index (χ2n) is 4.88. The molecule has 0 aliphatic carbocycles. The van der Waals surface area contributed by atoms with Gasteiger partial charge in [0.25, 0.3) is 0 Å². The molecule has 0 radical (unpaired) electrons. The van der Waals surface area contributed by atoms with Crippen molar-refractivity contribution in [2.75, 3.05) is 43.4 Å². The van der Waals surface area contributed by atoms with Gasteiger partial charge in [-0.05, 0) is 18.6 Å². The van der Waals surface area contributed by atoms with Crippen molar-refractivity contribution in [3.63, 3.8) is 0 Å². The number of aromatic nitrogens is 1. The largest absolute Gasteiger partial charge is 0.449 e. The van der Waals surface area contributed by atoms with Gasteiger partial charge >= 0.3 is 6.09 Å². The molecule has 6 heteroatoms. The van der Waals surface area contributed by atoms with Crippen molar-refractivity contribution in [2.24, 2.45) is 0 Å². The van der Waals surface area contributed by atoms with E-state index in [0.29, 0.717) is 25.5 Å². The number of hydrogen-bond donors (Lipinski definition) is 1. The van der Waals surface area contributed by atoms with E-state index in [-0.39, 0.29) is 6.09 Å². The lowest BCUT2D eigenvalue weighted by atomic mass is 10.3. The minimum absolute atomic E-state index is 0.200. The molecule has 0 unspecified atom stereocenters. The van der Waals surface area contributed by atoms with Crippen LogP contribution in [0.1, 0.15) is 19.8 Å². The van der Waals surface area contributed by atoms with E-state index in [1.54, 1.807) is 17.2 Å². The molecular formula is C14H22N4O2. The third-order valence-electron chi connectivity index (χ3n) is 3.40. The lowest BCUT2D eigenvalue weighted by Crippen LogP contribution is -2.49. The van der Waals surface area contributed by atoms with E-state index in [4.69, 9.17) is 10.5 Å². The summed E-state index contributed by atoms with van der Waals surface area (Å²) in [6.07, 6.45) is 3.52. The number of carbonyl (C=O) groups is 1. The van der Waals surface area contributed by atoms with E-state index in [0.717, 1.165) is 31.6 Å². The van der Waals surface area contributed by atoms with E-state index in [1.807, 2.05) is 6.07 Å². The van der Waals surface area contributed by atoms with Gasteiger partial charge < -0.3 is 20.3 Å². The molecule has 1 amide bonds. The van der Waals surface area contributed by atoms with Crippen LogP contribution >= 0.6 is 0 Å². The number of amides is 1. The number of anilines is 2. The first-order valence-electron chi connectivity index (χ1n) is 7.09. The number of ether oxygens (including phenoxy) is 1. The molecule has 2 N–H and O–H groups in total. The van der Waals surface area contributed by atoms with Crippen LogP contribution in [0.3, 0.4) is 0 Å². The van der Waals surface area contributed by atoms with Crippen LogP contribution in [0.2, 0.25) is 0 Å². The summed E-state index contributed by atoms with van der Waals surface area (Å²) in [6.45, 7) is 5.51. The molecule has 0 atom stereocenters. The smallest absolute Gasteiger partial charge is 0.409 e. The first-order valence-corrected chi connectivity index (χ1v) is 7.09. The topological polar surface area (TPSA) is 71.7 Å². The van der Waals surface area contributed by atoms with Gasteiger partial charge in [0.2, 0.25) is 0 Å². The molecule has 1 aliphatic rings. The summed E-state index contributed by atoms with van der Waals surface area (Å²) < 4.78 is 5.22. The van der Waals surface area contributed by atoms with Gasteiger partial charge in [0.15, 0.2) is 0 Å². The van der Waals surface area contributed by atoms with Gasteiger partial charge in [-0.2, -0.15) is 0 Å². The number of nitrogens with zero attached hydrogens (tertiary/aromatic N) is 3. The van der Waals surface area contributed by atoms with Crippen LogP contribution < -0.4 is 10.6 Å². The molecule has 2 heterocycles. The molecule has 1 aromatic heterocycles. The molecule has 1 saturated heterocycles. The van der Waals surface area contributed by atoms with Crippen molar-refractivity contribution in [2.45, 2.75) is 19.8 Å². The van der Waals surface area contributed by atoms with E-state index >= 15 is 0 Å². The zero-order valence-corrected chi connectivity index (χ0v) is 11.9. The Morgan fingerprint density at radius 2 is 2.10 bits per heavy atom. The molecule has 6 nitrogen and oxygen atoms in total. The summed E-state index contributed by atoms with van der Waals surface area (Å²) in [6, 6.07) is 3.75. The number of rotatable bonds is 4. The minimum Gasteiger partial charge on any atom is -0.449 e. The first kappa shape index (κ1) is 14.4. The zero-order chi connectivity index (χ0) is 14.4. The SMILES string of the molecule is CCCCOC(=O)N1CCN(c2ccc(N)nc2)CC1. The molecule has 20 heavy (non-hydrogen) atoms. The van der Waals surface area contributed by atoms with E-state index in [1.165, 1.54) is 0 Å². The quantitative estimate of drug-likeness (QED) is 0.849. The van der Waals surface area contributed by atoms with Crippen LogP contribution in [-0.4, -0.2) is 48.8 Å². The average Bonchev–Trinajstić information content (AvgIpc) is 2.48. The highest BCUT2D eigenvalue weighted by atomic mass is 16.6. The van der Waals surface area contributed by atoms with E-state index in [2.05, 4.69) is 16.8 Å². The Kier molecular flexibility index (Phi) is 5.03. The second-order valence-corrected chi connectivity index (χ2v) is 4.88. The summed E-state index contributed by atoms with van der Waals surface area (Å²) >= 11 is 0. The molecule has 0 bridgehead atoms. The highest BCUT2D eigenvalue weighted by Crippen LogP contribution is 2.16. The fourth-order valence-electron chi connectivity index (χ4n) is 2.13. The van der Waals surface area contributed by atoms with Crippen LogP contribution in [0.4, 0.5) is 16.3 Å². The second kappa shape index (κ2) is 6.98. The maximum absolute atomic E-state index is 11.8. The maximum Gasteiger partial charge on any atom is 0.409 e. The van der Waals surface area contributed by atoms with Crippen molar-refractivity contribution in [1.82, 2.24) is 9.88 Å². The van der Waals surface area contributed by atoms with E-state index in [9.17, 15) is 4.79 Å². The lowest BCUT2D eigenvalue weighted by molar-refractivity contribution is 0.0989. The van der Waals surface area contributed by atoms with E-state index < -0.39 is 0 Å². The molecule has 1 aromatic rings. The highest BCUT2D eigenvalue weighted by Gasteiger charge is 2.22. The highest BCUT2D eigenvalue weighted by molar-refractivity contribution is 5.68. The Hall–Kier alpha value is -1.98. The molecule has 1 aliphatic heterocycles. The Morgan fingerprint density at radius 3 is 2.70 bits per heavy atom. The van der Waals surface area contributed by atoms with Gasteiger partial charge in [-0.15, -0.1) is 0 Å². The fraction of sp³-hybridized carbons (Fsp3) is 0.571. The number of nitrogen functional groups attached to an aromatic ring is 1. The Balaban J connectivity index is 1.80. The standard InChI is InChI=1S/C14H22N4O2/c1-2-3-10-20-14(19)18-8-6-17(7-9-18)12-4-5-13(15)16-11-12/h4-5,11H,2-3,6-10H2,1H3,(H2,15,16). The van der Waals surface area contributed by atoms with Gasteiger partial charge in [0.1, 0.15) is 5.82 Å². The Labute approximate surface area is 119 Å². The summed E-state index contributed by atoms with van der Waals surface area (Å²) in [5.74, 6) is 0.520. The number of nitrogens with two attached hydrogens (primary N) is 1. The fourth-order valence-corrected chi connectivity index (χ4v) is 2.13. The monoisotopic (exact) mass is 278 g/mol. The third kappa shape index (κ3) is 3.76. The van der Waals surface area contributed by atoms with Crippen molar-refractivity contribution < 1.29 is 9.53 Å². The molecule has 0 aromatic carbocycles. The molecule has 1 fully saturated rings. The van der Waals surface area contributed by atoms with Gasteiger partial charge in [0, 0.05) is 26.2 Å². The van der Waals surface area contributed by atoms with Gasteiger partial charge in [0.05, 0.1) is 18.5 Å².